The second-order valence-electron chi connectivity index (χ2n) is 7.14. The van der Waals surface area contributed by atoms with E-state index < -0.39 is 6.10 Å². The molecule has 3 rings (SSSR count). The molecular formula is C22H27NO2. The van der Waals surface area contributed by atoms with Crippen molar-refractivity contribution in [2.24, 2.45) is 0 Å². The molecule has 0 aliphatic heterocycles. The summed E-state index contributed by atoms with van der Waals surface area (Å²) in [4.78, 5) is 12.5. The molecule has 0 fully saturated rings. The Morgan fingerprint density at radius 1 is 1.04 bits per heavy atom. The molecule has 0 heterocycles. The topological polar surface area (TPSA) is 38.3 Å². The number of hydrogen-bond acceptors (Lipinski definition) is 2. The van der Waals surface area contributed by atoms with E-state index in [4.69, 9.17) is 4.74 Å². The van der Waals surface area contributed by atoms with Crippen LogP contribution in [0.3, 0.4) is 0 Å². The van der Waals surface area contributed by atoms with Gasteiger partial charge in [-0.2, -0.15) is 0 Å². The Morgan fingerprint density at radius 3 is 2.60 bits per heavy atom. The minimum absolute atomic E-state index is 0.0249. The number of ether oxygens (including phenoxy) is 1. The van der Waals surface area contributed by atoms with Gasteiger partial charge < -0.3 is 10.1 Å². The van der Waals surface area contributed by atoms with Crippen LogP contribution >= 0.6 is 0 Å². The van der Waals surface area contributed by atoms with Gasteiger partial charge in [0.25, 0.3) is 5.91 Å². The molecule has 25 heavy (non-hydrogen) atoms. The van der Waals surface area contributed by atoms with Crippen molar-refractivity contribution >= 4 is 5.91 Å². The molecule has 2 aromatic rings. The van der Waals surface area contributed by atoms with Crippen molar-refractivity contribution in [2.45, 2.75) is 59.1 Å². The van der Waals surface area contributed by atoms with E-state index in [0.717, 1.165) is 28.9 Å². The van der Waals surface area contributed by atoms with Crippen molar-refractivity contribution in [1.29, 1.82) is 0 Å². The van der Waals surface area contributed by atoms with Crippen LogP contribution < -0.4 is 10.1 Å². The Labute approximate surface area is 150 Å². The van der Waals surface area contributed by atoms with Gasteiger partial charge in [-0.3, -0.25) is 4.79 Å². The van der Waals surface area contributed by atoms with Gasteiger partial charge in [-0.15, -0.1) is 0 Å². The molecule has 1 amide bonds. The Balaban J connectivity index is 1.63. The number of aryl methyl sites for hydroxylation is 4. The summed E-state index contributed by atoms with van der Waals surface area (Å²) >= 11 is 0. The zero-order valence-electron chi connectivity index (χ0n) is 15.6. The fraction of sp³-hybridized carbons (Fsp3) is 0.409. The van der Waals surface area contributed by atoms with Gasteiger partial charge in [0.05, 0.1) is 6.04 Å². The SMILES string of the molecule is Cc1ccc(C)c(O[C@@H](C)C(=O)N[C@@H](C)c2ccc3c(c2)CCC3)c1. The molecule has 0 radical (unpaired) electrons. The van der Waals surface area contributed by atoms with Crippen molar-refractivity contribution in [1.82, 2.24) is 5.32 Å². The number of benzene rings is 2. The highest BCUT2D eigenvalue weighted by Gasteiger charge is 2.20. The van der Waals surface area contributed by atoms with Crippen LogP contribution in [0.15, 0.2) is 36.4 Å². The summed E-state index contributed by atoms with van der Waals surface area (Å²) in [7, 11) is 0. The molecule has 0 unspecified atom stereocenters. The molecule has 132 valence electrons. The van der Waals surface area contributed by atoms with E-state index in [1.165, 1.54) is 24.0 Å². The molecule has 1 aliphatic rings. The molecule has 0 aromatic heterocycles. The lowest BCUT2D eigenvalue weighted by Gasteiger charge is -2.20. The van der Waals surface area contributed by atoms with Gasteiger partial charge in [-0.05, 0) is 80.8 Å². The summed E-state index contributed by atoms with van der Waals surface area (Å²) in [6.45, 7) is 7.84. The molecule has 1 aliphatic carbocycles. The minimum Gasteiger partial charge on any atom is -0.481 e. The predicted molar refractivity (Wildman–Crippen MR) is 101 cm³/mol. The zero-order chi connectivity index (χ0) is 18.0. The van der Waals surface area contributed by atoms with Crippen molar-refractivity contribution in [3.8, 4) is 5.75 Å². The van der Waals surface area contributed by atoms with E-state index in [9.17, 15) is 4.79 Å². The normalized spacial score (nSPS) is 15.4. The van der Waals surface area contributed by atoms with E-state index >= 15 is 0 Å². The van der Waals surface area contributed by atoms with Crippen LogP contribution in [0, 0.1) is 13.8 Å². The smallest absolute Gasteiger partial charge is 0.261 e. The Kier molecular flexibility index (Phi) is 5.12. The van der Waals surface area contributed by atoms with Gasteiger partial charge in [0.1, 0.15) is 5.75 Å². The molecule has 0 saturated heterocycles. The molecule has 2 aromatic carbocycles. The number of rotatable bonds is 5. The van der Waals surface area contributed by atoms with Crippen LogP contribution in [-0.4, -0.2) is 12.0 Å². The first-order valence-corrected chi connectivity index (χ1v) is 9.10. The zero-order valence-corrected chi connectivity index (χ0v) is 15.6. The van der Waals surface area contributed by atoms with Gasteiger partial charge in [-0.25, -0.2) is 0 Å². The number of carbonyl (C=O) groups is 1. The predicted octanol–water partition coefficient (Wildman–Crippen LogP) is 4.44. The number of fused-ring (bicyclic) bond motifs is 1. The molecule has 2 atom stereocenters. The van der Waals surface area contributed by atoms with Crippen molar-refractivity contribution in [3.05, 3.63) is 64.2 Å². The maximum atomic E-state index is 12.5. The third-order valence-corrected chi connectivity index (χ3v) is 5.00. The fourth-order valence-corrected chi connectivity index (χ4v) is 3.35. The quantitative estimate of drug-likeness (QED) is 0.876. The van der Waals surface area contributed by atoms with Gasteiger partial charge in [-0.1, -0.05) is 30.3 Å². The Morgan fingerprint density at radius 2 is 1.80 bits per heavy atom. The van der Waals surface area contributed by atoms with Gasteiger partial charge in [0.15, 0.2) is 6.10 Å². The van der Waals surface area contributed by atoms with E-state index in [1.54, 1.807) is 6.92 Å². The third-order valence-electron chi connectivity index (χ3n) is 5.00. The molecular weight excluding hydrogens is 310 g/mol. The van der Waals surface area contributed by atoms with Crippen molar-refractivity contribution in [3.63, 3.8) is 0 Å². The van der Waals surface area contributed by atoms with Crippen LogP contribution in [-0.2, 0) is 17.6 Å². The standard InChI is InChI=1S/C22H27NO2/c1-14-8-9-15(2)21(12-14)25-17(4)22(24)23-16(3)19-11-10-18-6-5-7-20(18)13-19/h8-13,16-17H,5-7H2,1-4H3,(H,23,24)/t16-,17-/m0/s1. The fourth-order valence-electron chi connectivity index (χ4n) is 3.35. The average Bonchev–Trinajstić information content (AvgIpc) is 3.05. The molecule has 0 spiro atoms. The lowest BCUT2D eigenvalue weighted by atomic mass is 10.0. The van der Waals surface area contributed by atoms with Crippen LogP contribution in [0.4, 0.5) is 0 Å². The van der Waals surface area contributed by atoms with E-state index in [1.807, 2.05) is 39.0 Å². The highest BCUT2D eigenvalue weighted by atomic mass is 16.5. The van der Waals surface area contributed by atoms with Crippen molar-refractivity contribution < 1.29 is 9.53 Å². The van der Waals surface area contributed by atoms with Crippen LogP contribution in [0.5, 0.6) is 5.75 Å². The first-order chi connectivity index (χ1) is 11.9. The summed E-state index contributed by atoms with van der Waals surface area (Å²) in [5.41, 5.74) is 6.21. The summed E-state index contributed by atoms with van der Waals surface area (Å²) < 4.78 is 5.89. The first-order valence-electron chi connectivity index (χ1n) is 9.10. The van der Waals surface area contributed by atoms with Gasteiger partial charge >= 0.3 is 0 Å². The summed E-state index contributed by atoms with van der Waals surface area (Å²) in [5, 5.41) is 3.08. The third kappa shape index (κ3) is 4.04. The first kappa shape index (κ1) is 17.5. The van der Waals surface area contributed by atoms with Crippen LogP contribution in [0.2, 0.25) is 0 Å². The lowest BCUT2D eigenvalue weighted by molar-refractivity contribution is -0.127. The van der Waals surface area contributed by atoms with Crippen molar-refractivity contribution in [2.75, 3.05) is 0 Å². The maximum Gasteiger partial charge on any atom is 0.261 e. The summed E-state index contributed by atoms with van der Waals surface area (Å²) in [6, 6.07) is 12.6. The van der Waals surface area contributed by atoms with Crippen LogP contribution in [0.25, 0.3) is 0 Å². The molecule has 1 N–H and O–H groups in total. The number of amides is 1. The number of nitrogens with one attached hydrogen (secondary N) is 1. The van der Waals surface area contributed by atoms with E-state index in [0.29, 0.717) is 0 Å². The summed E-state index contributed by atoms with van der Waals surface area (Å²) in [5.74, 6) is 0.682. The monoisotopic (exact) mass is 337 g/mol. The highest BCUT2D eigenvalue weighted by Crippen LogP contribution is 2.25. The number of hydrogen-bond donors (Lipinski definition) is 1. The van der Waals surface area contributed by atoms with E-state index in [2.05, 4.69) is 23.5 Å². The second-order valence-corrected chi connectivity index (χ2v) is 7.14. The molecule has 0 bridgehead atoms. The van der Waals surface area contributed by atoms with Gasteiger partial charge in [0.2, 0.25) is 0 Å². The van der Waals surface area contributed by atoms with Gasteiger partial charge in [0, 0.05) is 0 Å². The molecule has 0 saturated carbocycles. The van der Waals surface area contributed by atoms with E-state index in [-0.39, 0.29) is 11.9 Å². The Hall–Kier alpha value is -2.29. The minimum atomic E-state index is -0.530. The summed E-state index contributed by atoms with van der Waals surface area (Å²) in [6.07, 6.45) is 3.03. The molecule has 3 nitrogen and oxygen atoms in total. The van der Waals surface area contributed by atoms with Crippen LogP contribution in [0.1, 0.15) is 54.1 Å². The molecule has 3 heteroatoms. The maximum absolute atomic E-state index is 12.5. The lowest BCUT2D eigenvalue weighted by Crippen LogP contribution is -2.37. The average molecular weight is 337 g/mol. The highest BCUT2D eigenvalue weighted by molar-refractivity contribution is 5.81. The second kappa shape index (κ2) is 7.30. The largest absolute Gasteiger partial charge is 0.481 e. The Bertz CT molecular complexity index is 782. The number of carbonyl (C=O) groups excluding carboxylic acids is 1.